The van der Waals surface area contributed by atoms with E-state index in [4.69, 9.17) is 11.6 Å². The Morgan fingerprint density at radius 3 is 2.42 bits per heavy atom. The summed E-state index contributed by atoms with van der Waals surface area (Å²) in [6, 6.07) is 14.6. The maximum atomic E-state index is 11.8. The van der Waals surface area contributed by atoms with Crippen molar-refractivity contribution in [2.24, 2.45) is 5.10 Å². The second kappa shape index (κ2) is 9.58. The molecule has 0 fully saturated rings. The maximum Gasteiger partial charge on any atom is 0.240 e. The molecule has 2 rings (SSSR count). The van der Waals surface area contributed by atoms with Gasteiger partial charge in [0.2, 0.25) is 11.8 Å². The minimum Gasteiger partial charge on any atom is -0.378 e. The van der Waals surface area contributed by atoms with Crippen LogP contribution in [0.15, 0.2) is 53.6 Å². The van der Waals surface area contributed by atoms with E-state index in [1.807, 2.05) is 43.3 Å². The first-order valence-corrected chi connectivity index (χ1v) is 8.46. The fourth-order valence-corrected chi connectivity index (χ4v) is 2.30. The lowest BCUT2D eigenvalue weighted by molar-refractivity contribution is -0.124. The molecule has 7 heteroatoms. The molecule has 0 saturated heterocycles. The third kappa shape index (κ3) is 6.57. The van der Waals surface area contributed by atoms with Gasteiger partial charge in [-0.2, -0.15) is 5.10 Å². The molecule has 0 aliphatic heterocycles. The summed E-state index contributed by atoms with van der Waals surface area (Å²) in [7, 11) is 3.93. The average molecular weight is 373 g/mol. The fourth-order valence-electron chi connectivity index (χ4n) is 2.11. The van der Waals surface area contributed by atoms with E-state index in [1.165, 1.54) is 0 Å². The number of anilines is 2. The fraction of sp³-hybridized carbons (Fsp3) is 0.211. The van der Waals surface area contributed by atoms with Crippen molar-refractivity contribution in [3.8, 4) is 0 Å². The summed E-state index contributed by atoms with van der Waals surface area (Å²) in [6.45, 7) is 0. The van der Waals surface area contributed by atoms with Crippen molar-refractivity contribution in [3.05, 3.63) is 59.1 Å². The number of nitrogens with zero attached hydrogens (tertiary/aromatic N) is 2. The average Bonchev–Trinajstić information content (AvgIpc) is 2.60. The molecule has 6 nitrogen and oxygen atoms in total. The minimum absolute atomic E-state index is 0.0449. The van der Waals surface area contributed by atoms with Crippen molar-refractivity contribution < 1.29 is 9.59 Å². The van der Waals surface area contributed by atoms with Gasteiger partial charge in [0, 0.05) is 43.3 Å². The van der Waals surface area contributed by atoms with E-state index in [9.17, 15) is 9.59 Å². The van der Waals surface area contributed by atoms with Gasteiger partial charge in [-0.1, -0.05) is 29.8 Å². The van der Waals surface area contributed by atoms with Gasteiger partial charge in [0.1, 0.15) is 0 Å². The summed E-state index contributed by atoms with van der Waals surface area (Å²) in [5.74, 6) is -0.585. The van der Waals surface area contributed by atoms with Crippen LogP contribution in [0.2, 0.25) is 5.02 Å². The molecule has 0 heterocycles. The molecule has 0 bridgehead atoms. The quantitative estimate of drug-likeness (QED) is 0.578. The van der Waals surface area contributed by atoms with Gasteiger partial charge in [-0.25, -0.2) is 5.43 Å². The highest BCUT2D eigenvalue weighted by molar-refractivity contribution is 6.30. The zero-order valence-electron chi connectivity index (χ0n) is 14.7. The highest BCUT2D eigenvalue weighted by atomic mass is 35.5. The van der Waals surface area contributed by atoms with Crippen molar-refractivity contribution in [1.29, 1.82) is 0 Å². The largest absolute Gasteiger partial charge is 0.378 e. The summed E-state index contributed by atoms with van der Waals surface area (Å²) in [4.78, 5) is 25.6. The van der Waals surface area contributed by atoms with Crippen LogP contribution in [0.4, 0.5) is 11.4 Å². The van der Waals surface area contributed by atoms with Gasteiger partial charge < -0.3 is 10.2 Å². The van der Waals surface area contributed by atoms with Crippen molar-refractivity contribution in [3.63, 3.8) is 0 Å². The van der Waals surface area contributed by atoms with Gasteiger partial charge in [-0.3, -0.25) is 9.59 Å². The smallest absolute Gasteiger partial charge is 0.240 e. The zero-order chi connectivity index (χ0) is 18.9. The molecule has 2 aromatic carbocycles. The van der Waals surface area contributed by atoms with Crippen LogP contribution in [0.25, 0.3) is 0 Å². The summed E-state index contributed by atoms with van der Waals surface area (Å²) in [5.41, 5.74) is 4.97. The van der Waals surface area contributed by atoms with Gasteiger partial charge in [0.15, 0.2) is 0 Å². The molecule has 0 aliphatic rings. The standard InChI is InChI=1S/C19H21ClN4O2/c1-24(2)17-8-6-14(7-9-17)13-21-23-19(26)11-10-18(25)22-16-5-3-4-15(20)12-16/h3-9,12-13H,10-11H2,1-2H3,(H,22,25)(H,23,26)/b21-13+. The number of rotatable bonds is 7. The van der Waals surface area contributed by atoms with Crippen LogP contribution in [0.1, 0.15) is 18.4 Å². The molecule has 0 aromatic heterocycles. The topological polar surface area (TPSA) is 73.8 Å². The molecule has 0 saturated carbocycles. The van der Waals surface area contributed by atoms with E-state index >= 15 is 0 Å². The molecule has 0 atom stereocenters. The Morgan fingerprint density at radius 1 is 1.08 bits per heavy atom. The summed E-state index contributed by atoms with van der Waals surface area (Å²) < 4.78 is 0. The number of carbonyl (C=O) groups is 2. The first-order chi connectivity index (χ1) is 12.4. The number of benzene rings is 2. The van der Waals surface area contributed by atoms with E-state index < -0.39 is 0 Å². The number of hydrogen-bond acceptors (Lipinski definition) is 4. The lowest BCUT2D eigenvalue weighted by Gasteiger charge is -2.11. The lowest BCUT2D eigenvalue weighted by atomic mass is 10.2. The number of hydrogen-bond donors (Lipinski definition) is 2. The highest BCUT2D eigenvalue weighted by Gasteiger charge is 2.07. The Labute approximate surface area is 157 Å². The maximum absolute atomic E-state index is 11.8. The normalized spacial score (nSPS) is 10.6. The predicted molar refractivity (Wildman–Crippen MR) is 106 cm³/mol. The second-order valence-electron chi connectivity index (χ2n) is 5.84. The molecule has 0 spiro atoms. The van der Waals surface area contributed by atoms with Crippen LogP contribution in [0.3, 0.4) is 0 Å². The third-order valence-electron chi connectivity index (χ3n) is 3.50. The number of halogens is 1. The Kier molecular flexibility index (Phi) is 7.17. The number of nitrogens with one attached hydrogen (secondary N) is 2. The molecule has 0 unspecified atom stereocenters. The van der Waals surface area contributed by atoms with Crippen molar-refractivity contribution >= 4 is 41.0 Å². The Balaban J connectivity index is 1.73. The molecule has 2 aromatic rings. The molecule has 26 heavy (non-hydrogen) atoms. The van der Waals surface area contributed by atoms with Crippen molar-refractivity contribution in [2.45, 2.75) is 12.8 Å². The van der Waals surface area contributed by atoms with Crippen LogP contribution in [0.5, 0.6) is 0 Å². The second-order valence-corrected chi connectivity index (χ2v) is 6.27. The Bertz CT molecular complexity index is 788. The molecule has 2 N–H and O–H groups in total. The summed E-state index contributed by atoms with van der Waals surface area (Å²) in [5, 5.41) is 7.13. The zero-order valence-corrected chi connectivity index (χ0v) is 15.5. The number of amides is 2. The van der Waals surface area contributed by atoms with Crippen LogP contribution in [-0.2, 0) is 9.59 Å². The third-order valence-corrected chi connectivity index (χ3v) is 3.73. The van der Waals surface area contributed by atoms with E-state index in [2.05, 4.69) is 15.8 Å². The highest BCUT2D eigenvalue weighted by Crippen LogP contribution is 2.15. The van der Waals surface area contributed by atoms with Crippen LogP contribution >= 0.6 is 11.6 Å². The van der Waals surface area contributed by atoms with Crippen LogP contribution in [0, 0.1) is 0 Å². The molecule has 2 amide bonds. The Hall–Kier alpha value is -2.86. The number of hydrazone groups is 1. The van der Waals surface area contributed by atoms with Crippen molar-refractivity contribution in [2.75, 3.05) is 24.3 Å². The number of carbonyl (C=O) groups excluding carboxylic acids is 2. The molecular weight excluding hydrogens is 352 g/mol. The van der Waals surface area contributed by atoms with E-state index in [0.29, 0.717) is 10.7 Å². The van der Waals surface area contributed by atoms with Crippen LogP contribution in [-0.4, -0.2) is 32.1 Å². The van der Waals surface area contributed by atoms with Gasteiger partial charge in [-0.15, -0.1) is 0 Å². The van der Waals surface area contributed by atoms with Gasteiger partial charge in [0.05, 0.1) is 6.21 Å². The van der Waals surface area contributed by atoms with E-state index in [1.54, 1.807) is 30.5 Å². The van der Waals surface area contributed by atoms with E-state index in [0.717, 1.165) is 11.3 Å². The first-order valence-electron chi connectivity index (χ1n) is 8.09. The van der Waals surface area contributed by atoms with Gasteiger partial charge >= 0.3 is 0 Å². The molecule has 136 valence electrons. The first kappa shape index (κ1) is 19.5. The molecular formula is C19H21ClN4O2. The Morgan fingerprint density at radius 2 is 1.77 bits per heavy atom. The van der Waals surface area contributed by atoms with Crippen LogP contribution < -0.4 is 15.6 Å². The van der Waals surface area contributed by atoms with Crippen molar-refractivity contribution in [1.82, 2.24) is 5.43 Å². The van der Waals surface area contributed by atoms with Gasteiger partial charge in [0.25, 0.3) is 0 Å². The molecule has 0 aliphatic carbocycles. The SMILES string of the molecule is CN(C)c1ccc(/C=N/NC(=O)CCC(=O)Nc2cccc(Cl)c2)cc1. The van der Waals surface area contributed by atoms with E-state index in [-0.39, 0.29) is 24.7 Å². The monoisotopic (exact) mass is 372 g/mol. The summed E-state index contributed by atoms with van der Waals surface area (Å²) in [6.07, 6.45) is 1.66. The molecule has 0 radical (unpaired) electrons. The summed E-state index contributed by atoms with van der Waals surface area (Å²) >= 11 is 5.85. The minimum atomic E-state index is -0.326. The lowest BCUT2D eigenvalue weighted by Crippen LogP contribution is -2.20. The predicted octanol–water partition coefficient (Wildman–Crippen LogP) is 3.28. The van der Waals surface area contributed by atoms with Gasteiger partial charge in [-0.05, 0) is 35.9 Å².